The van der Waals surface area contributed by atoms with Crippen LogP contribution in [0, 0.1) is 11.8 Å². The Hall–Kier alpha value is -3.29. The first-order chi connectivity index (χ1) is 18.7. The molecule has 0 aromatic heterocycles. The van der Waals surface area contributed by atoms with Crippen molar-refractivity contribution in [1.29, 1.82) is 0 Å². The second-order valence-corrected chi connectivity index (χ2v) is 12.4. The minimum absolute atomic E-state index is 0.197. The average molecular weight is 546 g/mol. The molecule has 4 rings (SSSR count). The lowest BCUT2D eigenvalue weighted by Crippen LogP contribution is -2.34. The molecule has 0 radical (unpaired) electrons. The third kappa shape index (κ3) is 7.22. The maximum absolute atomic E-state index is 13.7. The zero-order chi connectivity index (χ0) is 27.9. The normalized spacial score (nSPS) is 14.9. The molecule has 7 heteroatoms. The van der Waals surface area contributed by atoms with Crippen molar-refractivity contribution < 1.29 is 13.8 Å². The molecule has 0 bridgehead atoms. The van der Waals surface area contributed by atoms with Gasteiger partial charge in [-0.3, -0.25) is 9.59 Å². The van der Waals surface area contributed by atoms with Crippen LogP contribution in [0.2, 0.25) is 0 Å². The molecular formula is C32H39N3O3S. The van der Waals surface area contributed by atoms with E-state index in [9.17, 15) is 13.8 Å². The van der Waals surface area contributed by atoms with E-state index >= 15 is 0 Å². The van der Waals surface area contributed by atoms with Gasteiger partial charge >= 0.3 is 0 Å². The second-order valence-electron chi connectivity index (χ2n) is 11.0. The zero-order valence-corrected chi connectivity index (χ0v) is 24.2. The summed E-state index contributed by atoms with van der Waals surface area (Å²) in [4.78, 5) is 32.0. The fraction of sp³-hybridized carbons (Fsp3) is 0.375. The molecule has 3 aromatic carbocycles. The van der Waals surface area contributed by atoms with Gasteiger partial charge in [0.25, 0.3) is 11.8 Å². The lowest BCUT2D eigenvalue weighted by Gasteiger charge is -2.26. The van der Waals surface area contributed by atoms with Crippen molar-refractivity contribution >= 4 is 28.3 Å². The number of fused-ring (bicyclic) bond motifs is 2. The fourth-order valence-corrected chi connectivity index (χ4v) is 6.37. The Kier molecular flexibility index (Phi) is 9.70. The maximum Gasteiger partial charge on any atom is 0.259 e. The van der Waals surface area contributed by atoms with Crippen LogP contribution in [0.3, 0.4) is 0 Å². The minimum Gasteiger partial charge on any atom is -0.352 e. The highest BCUT2D eigenvalue weighted by molar-refractivity contribution is 7.85. The van der Waals surface area contributed by atoms with Crippen LogP contribution in [0.25, 0.3) is 0 Å². The average Bonchev–Trinajstić information content (AvgIpc) is 3.00. The van der Waals surface area contributed by atoms with Gasteiger partial charge in [0.05, 0.1) is 38.4 Å². The highest BCUT2D eigenvalue weighted by Crippen LogP contribution is 2.36. The molecule has 0 spiro atoms. The van der Waals surface area contributed by atoms with Gasteiger partial charge in [0.2, 0.25) is 0 Å². The molecule has 0 saturated carbocycles. The van der Waals surface area contributed by atoms with Crippen LogP contribution in [-0.2, 0) is 17.3 Å². The molecule has 1 aliphatic heterocycles. The van der Waals surface area contributed by atoms with Crippen LogP contribution in [-0.4, -0.2) is 47.1 Å². The molecule has 39 heavy (non-hydrogen) atoms. The molecular weight excluding hydrogens is 506 g/mol. The van der Waals surface area contributed by atoms with Crippen LogP contribution < -0.4 is 10.2 Å². The van der Waals surface area contributed by atoms with Crippen LogP contribution in [0.15, 0.2) is 82.6 Å². The van der Waals surface area contributed by atoms with Gasteiger partial charge in [0, 0.05) is 25.2 Å². The van der Waals surface area contributed by atoms with E-state index in [1.807, 2.05) is 30.3 Å². The summed E-state index contributed by atoms with van der Waals surface area (Å²) in [6, 6.07) is 21.9. The summed E-state index contributed by atoms with van der Waals surface area (Å²) in [6.45, 7) is 12.8. The largest absolute Gasteiger partial charge is 0.352 e. The molecule has 0 fully saturated rings. The summed E-state index contributed by atoms with van der Waals surface area (Å²) in [7, 11) is -1.55. The third-order valence-electron chi connectivity index (χ3n) is 6.64. The predicted octanol–water partition coefficient (Wildman–Crippen LogP) is 5.75. The summed E-state index contributed by atoms with van der Waals surface area (Å²) in [5, 5.41) is 3.04. The van der Waals surface area contributed by atoms with Crippen molar-refractivity contribution in [2.75, 3.05) is 31.1 Å². The molecule has 6 nitrogen and oxygen atoms in total. The van der Waals surface area contributed by atoms with Crippen molar-refractivity contribution in [3.8, 4) is 0 Å². The number of carbonyl (C=O) groups is 2. The van der Waals surface area contributed by atoms with E-state index in [4.69, 9.17) is 0 Å². The van der Waals surface area contributed by atoms with Crippen molar-refractivity contribution in [3.63, 3.8) is 0 Å². The van der Waals surface area contributed by atoms with Gasteiger partial charge in [-0.05, 0) is 60.7 Å². The smallest absolute Gasteiger partial charge is 0.259 e. The number of rotatable bonds is 11. The third-order valence-corrected chi connectivity index (χ3v) is 8.14. The number of nitrogens with zero attached hydrogens (tertiary/aromatic N) is 2. The lowest BCUT2D eigenvalue weighted by molar-refractivity contribution is 0.0947. The Balaban J connectivity index is 1.55. The molecule has 206 valence electrons. The van der Waals surface area contributed by atoms with Crippen molar-refractivity contribution in [1.82, 2.24) is 10.2 Å². The van der Waals surface area contributed by atoms with Crippen molar-refractivity contribution in [3.05, 3.63) is 89.5 Å². The molecule has 1 N–H and O–H groups in total. The number of benzene rings is 3. The van der Waals surface area contributed by atoms with Gasteiger partial charge in [-0.1, -0.05) is 70.2 Å². The molecule has 0 saturated heterocycles. The maximum atomic E-state index is 13.7. The Morgan fingerprint density at radius 1 is 0.897 bits per heavy atom. The van der Waals surface area contributed by atoms with Gasteiger partial charge in [-0.25, -0.2) is 4.21 Å². The van der Waals surface area contributed by atoms with Crippen molar-refractivity contribution in [2.45, 2.75) is 50.5 Å². The number of amides is 2. The van der Waals surface area contributed by atoms with E-state index in [0.717, 1.165) is 31.6 Å². The fourth-order valence-electron chi connectivity index (χ4n) is 5.02. The molecule has 1 aliphatic rings. The summed E-state index contributed by atoms with van der Waals surface area (Å²) < 4.78 is 13.6. The topological polar surface area (TPSA) is 69.7 Å². The highest BCUT2D eigenvalue weighted by Gasteiger charge is 2.31. The number of nitrogens with one attached hydrogen (secondary N) is 1. The first kappa shape index (κ1) is 28.7. The molecule has 1 atom stereocenters. The van der Waals surface area contributed by atoms with Crippen LogP contribution in [0.4, 0.5) is 5.69 Å². The van der Waals surface area contributed by atoms with Crippen LogP contribution in [0.5, 0.6) is 0 Å². The quantitative estimate of drug-likeness (QED) is 0.312. The first-order valence-corrected chi connectivity index (χ1v) is 14.9. The summed E-state index contributed by atoms with van der Waals surface area (Å²) in [5.41, 5.74) is 2.32. The Morgan fingerprint density at radius 2 is 1.56 bits per heavy atom. The van der Waals surface area contributed by atoms with E-state index < -0.39 is 10.8 Å². The van der Waals surface area contributed by atoms with E-state index in [1.165, 1.54) is 0 Å². The Morgan fingerprint density at radius 3 is 2.26 bits per heavy atom. The van der Waals surface area contributed by atoms with E-state index in [2.05, 4.69) is 37.9 Å². The number of anilines is 1. The summed E-state index contributed by atoms with van der Waals surface area (Å²) in [6.07, 6.45) is 0.855. The molecule has 2 amide bonds. The number of carbonyl (C=O) groups excluding carboxylic acids is 2. The SMILES string of the molecule is CC(C)CN(CCCNC(=O)c1ccc2c(c1)N(Cc1ccccc1)C(=O)c1ccccc1S2=O)CC(C)C. The van der Waals surface area contributed by atoms with E-state index in [0.29, 0.717) is 51.5 Å². The molecule has 3 aromatic rings. The monoisotopic (exact) mass is 545 g/mol. The minimum atomic E-state index is -1.55. The Bertz CT molecular complexity index is 1310. The van der Waals surface area contributed by atoms with Gasteiger partial charge < -0.3 is 15.1 Å². The highest BCUT2D eigenvalue weighted by atomic mass is 32.2. The number of hydrogen-bond donors (Lipinski definition) is 1. The Labute approximate surface area is 234 Å². The van der Waals surface area contributed by atoms with Gasteiger partial charge in [-0.15, -0.1) is 0 Å². The zero-order valence-electron chi connectivity index (χ0n) is 23.4. The summed E-state index contributed by atoms with van der Waals surface area (Å²) >= 11 is 0. The van der Waals surface area contributed by atoms with E-state index in [-0.39, 0.29) is 11.8 Å². The molecule has 1 unspecified atom stereocenters. The predicted molar refractivity (Wildman–Crippen MR) is 158 cm³/mol. The van der Waals surface area contributed by atoms with Crippen LogP contribution in [0.1, 0.15) is 60.4 Å². The standard InChI is InChI=1S/C32H39N3O3S/c1-23(2)20-34(21-24(3)4)18-10-17-33-31(36)26-15-16-30-28(19-26)35(22-25-11-6-5-7-12-25)32(37)27-13-8-9-14-29(27)39(30)38/h5-9,11-16,19,23-24H,10,17-18,20-22H2,1-4H3,(H,33,36). The summed E-state index contributed by atoms with van der Waals surface area (Å²) in [5.74, 6) is 0.763. The molecule has 1 heterocycles. The van der Waals surface area contributed by atoms with Crippen molar-refractivity contribution in [2.24, 2.45) is 11.8 Å². The van der Waals surface area contributed by atoms with E-state index in [1.54, 1.807) is 47.4 Å². The first-order valence-electron chi connectivity index (χ1n) is 13.8. The second kappa shape index (κ2) is 13.2. The van der Waals surface area contributed by atoms with Gasteiger partial charge in [0.15, 0.2) is 0 Å². The van der Waals surface area contributed by atoms with Crippen LogP contribution >= 0.6 is 0 Å². The van der Waals surface area contributed by atoms with Gasteiger partial charge in [-0.2, -0.15) is 0 Å². The van der Waals surface area contributed by atoms with Gasteiger partial charge in [0.1, 0.15) is 0 Å². The lowest BCUT2D eigenvalue weighted by atomic mass is 10.1. The molecule has 0 aliphatic carbocycles. The number of hydrogen-bond acceptors (Lipinski definition) is 4.